The number of amides is 1. The molecule has 0 saturated heterocycles. The van der Waals surface area contributed by atoms with Crippen molar-refractivity contribution in [3.8, 4) is 0 Å². The summed E-state index contributed by atoms with van der Waals surface area (Å²) in [5.74, 6) is -2.29. The number of aryl methyl sites for hydroxylation is 2. The SMILES string of the molecule is Cc1cc(C)c([N+](=O)[O-])cc1C(=O)NC(C)C(C)C(=O)O. The number of carboxylic acid groups (broad SMARTS) is 1. The van der Waals surface area contributed by atoms with Gasteiger partial charge in [-0.15, -0.1) is 0 Å². The van der Waals surface area contributed by atoms with Crippen LogP contribution in [0.2, 0.25) is 0 Å². The summed E-state index contributed by atoms with van der Waals surface area (Å²) in [4.78, 5) is 33.4. The van der Waals surface area contributed by atoms with Crippen LogP contribution in [-0.4, -0.2) is 27.9 Å². The Morgan fingerprint density at radius 2 is 1.81 bits per heavy atom. The summed E-state index contributed by atoms with van der Waals surface area (Å²) in [5, 5.41) is 22.4. The van der Waals surface area contributed by atoms with Crippen molar-refractivity contribution in [1.82, 2.24) is 5.32 Å². The van der Waals surface area contributed by atoms with Crippen molar-refractivity contribution < 1.29 is 19.6 Å². The number of carbonyl (C=O) groups excluding carboxylic acids is 1. The lowest BCUT2D eigenvalue weighted by molar-refractivity contribution is -0.385. The summed E-state index contributed by atoms with van der Waals surface area (Å²) in [6.07, 6.45) is 0. The third kappa shape index (κ3) is 3.77. The molecule has 0 spiro atoms. The molecule has 1 aromatic rings. The first-order valence-corrected chi connectivity index (χ1v) is 6.44. The van der Waals surface area contributed by atoms with Crippen molar-refractivity contribution in [3.63, 3.8) is 0 Å². The second-order valence-corrected chi connectivity index (χ2v) is 5.10. The van der Waals surface area contributed by atoms with Gasteiger partial charge in [-0.25, -0.2) is 0 Å². The van der Waals surface area contributed by atoms with Crippen molar-refractivity contribution in [3.05, 3.63) is 38.9 Å². The fourth-order valence-electron chi connectivity index (χ4n) is 1.91. The predicted octanol–water partition coefficient (Wildman–Crippen LogP) is 2.05. The Bertz CT molecular complexity index is 597. The van der Waals surface area contributed by atoms with Crippen LogP contribution in [0, 0.1) is 29.9 Å². The summed E-state index contributed by atoms with van der Waals surface area (Å²) in [6, 6.07) is 2.20. The highest BCUT2D eigenvalue weighted by atomic mass is 16.6. The molecule has 0 aliphatic heterocycles. The van der Waals surface area contributed by atoms with Gasteiger partial charge in [-0.3, -0.25) is 19.7 Å². The molecular formula is C14H18N2O5. The van der Waals surface area contributed by atoms with E-state index < -0.39 is 28.8 Å². The number of benzene rings is 1. The Morgan fingerprint density at radius 1 is 1.24 bits per heavy atom. The van der Waals surface area contributed by atoms with Gasteiger partial charge in [0.1, 0.15) is 0 Å². The van der Waals surface area contributed by atoms with Gasteiger partial charge in [0.2, 0.25) is 0 Å². The molecule has 114 valence electrons. The Kier molecular flexibility index (Phi) is 5.02. The average molecular weight is 294 g/mol. The predicted molar refractivity (Wildman–Crippen MR) is 76.3 cm³/mol. The molecule has 0 aliphatic rings. The van der Waals surface area contributed by atoms with Crippen molar-refractivity contribution in [2.24, 2.45) is 5.92 Å². The molecular weight excluding hydrogens is 276 g/mol. The number of rotatable bonds is 5. The van der Waals surface area contributed by atoms with Gasteiger partial charge in [-0.1, -0.05) is 0 Å². The Balaban J connectivity index is 3.05. The van der Waals surface area contributed by atoms with Gasteiger partial charge in [0.25, 0.3) is 11.6 Å². The van der Waals surface area contributed by atoms with Gasteiger partial charge in [-0.05, 0) is 39.3 Å². The molecule has 0 bridgehead atoms. The largest absolute Gasteiger partial charge is 0.481 e. The van der Waals surface area contributed by atoms with Crippen LogP contribution in [0.5, 0.6) is 0 Å². The Hall–Kier alpha value is -2.44. The molecule has 0 aliphatic carbocycles. The molecule has 0 heterocycles. The molecule has 0 saturated carbocycles. The zero-order valence-corrected chi connectivity index (χ0v) is 12.3. The maximum Gasteiger partial charge on any atom is 0.308 e. The van der Waals surface area contributed by atoms with E-state index in [0.717, 1.165) is 0 Å². The third-order valence-corrected chi connectivity index (χ3v) is 3.48. The van der Waals surface area contributed by atoms with E-state index in [1.165, 1.54) is 13.0 Å². The molecule has 1 aromatic carbocycles. The van der Waals surface area contributed by atoms with Crippen molar-refractivity contribution >= 4 is 17.6 Å². The summed E-state index contributed by atoms with van der Waals surface area (Å²) in [6.45, 7) is 6.34. The second-order valence-electron chi connectivity index (χ2n) is 5.10. The van der Waals surface area contributed by atoms with E-state index in [0.29, 0.717) is 11.1 Å². The van der Waals surface area contributed by atoms with Crippen LogP contribution in [0.3, 0.4) is 0 Å². The Labute approximate surface area is 122 Å². The standard InChI is InChI=1S/C14H18N2O5/c1-7-5-8(2)12(16(20)21)6-11(7)13(17)15-10(4)9(3)14(18)19/h5-6,9-10H,1-4H3,(H,15,17)(H,18,19). The zero-order chi connectivity index (χ0) is 16.3. The first kappa shape index (κ1) is 16.6. The first-order valence-electron chi connectivity index (χ1n) is 6.44. The number of aliphatic carboxylic acids is 1. The normalized spacial score (nSPS) is 13.3. The molecule has 1 rings (SSSR count). The number of nitrogens with one attached hydrogen (secondary N) is 1. The highest BCUT2D eigenvalue weighted by Gasteiger charge is 2.23. The summed E-state index contributed by atoms with van der Waals surface area (Å²) >= 11 is 0. The minimum atomic E-state index is -1.02. The van der Waals surface area contributed by atoms with Gasteiger partial charge < -0.3 is 10.4 Å². The molecule has 21 heavy (non-hydrogen) atoms. The maximum atomic E-state index is 12.2. The molecule has 2 unspecified atom stereocenters. The first-order chi connectivity index (χ1) is 9.65. The number of carboxylic acids is 1. The fraction of sp³-hybridized carbons (Fsp3) is 0.429. The highest BCUT2D eigenvalue weighted by Crippen LogP contribution is 2.22. The number of nitrogens with zero attached hydrogens (tertiary/aromatic N) is 1. The van der Waals surface area contributed by atoms with E-state index in [-0.39, 0.29) is 11.3 Å². The zero-order valence-electron chi connectivity index (χ0n) is 12.3. The molecule has 1 amide bonds. The molecule has 0 radical (unpaired) electrons. The average Bonchev–Trinajstić information content (AvgIpc) is 2.36. The van der Waals surface area contributed by atoms with Crippen LogP contribution < -0.4 is 5.32 Å². The van der Waals surface area contributed by atoms with Gasteiger partial charge in [0.05, 0.1) is 10.8 Å². The lowest BCUT2D eigenvalue weighted by atomic mass is 10.0. The highest BCUT2D eigenvalue weighted by molar-refractivity contribution is 5.96. The van der Waals surface area contributed by atoms with Crippen molar-refractivity contribution in [1.29, 1.82) is 0 Å². The van der Waals surface area contributed by atoms with Crippen LogP contribution in [0.1, 0.15) is 35.3 Å². The number of nitro benzene ring substituents is 1. The Morgan fingerprint density at radius 3 is 2.29 bits per heavy atom. The minimum Gasteiger partial charge on any atom is -0.481 e. The molecule has 2 atom stereocenters. The van der Waals surface area contributed by atoms with Crippen molar-refractivity contribution in [2.45, 2.75) is 33.7 Å². The topological polar surface area (TPSA) is 110 Å². The summed E-state index contributed by atoms with van der Waals surface area (Å²) < 4.78 is 0. The number of nitro groups is 1. The fourth-order valence-corrected chi connectivity index (χ4v) is 1.91. The number of hydrogen-bond acceptors (Lipinski definition) is 4. The van der Waals surface area contributed by atoms with Crippen LogP contribution in [0.25, 0.3) is 0 Å². The second kappa shape index (κ2) is 6.34. The monoisotopic (exact) mass is 294 g/mol. The van der Waals surface area contributed by atoms with E-state index in [4.69, 9.17) is 5.11 Å². The smallest absolute Gasteiger partial charge is 0.308 e. The van der Waals surface area contributed by atoms with E-state index >= 15 is 0 Å². The number of hydrogen-bond donors (Lipinski definition) is 2. The maximum absolute atomic E-state index is 12.2. The van der Waals surface area contributed by atoms with E-state index in [1.807, 2.05) is 0 Å². The van der Waals surface area contributed by atoms with E-state index in [1.54, 1.807) is 26.8 Å². The number of carbonyl (C=O) groups is 2. The van der Waals surface area contributed by atoms with Gasteiger partial charge in [0.15, 0.2) is 0 Å². The van der Waals surface area contributed by atoms with E-state index in [2.05, 4.69) is 5.32 Å². The van der Waals surface area contributed by atoms with Crippen LogP contribution >= 0.6 is 0 Å². The van der Waals surface area contributed by atoms with Crippen LogP contribution in [0.4, 0.5) is 5.69 Å². The molecule has 0 fully saturated rings. The lowest BCUT2D eigenvalue weighted by Gasteiger charge is -2.18. The molecule has 0 aromatic heterocycles. The van der Waals surface area contributed by atoms with Gasteiger partial charge in [0, 0.05) is 23.2 Å². The molecule has 2 N–H and O–H groups in total. The quantitative estimate of drug-likeness (QED) is 0.638. The van der Waals surface area contributed by atoms with Crippen LogP contribution in [0.15, 0.2) is 12.1 Å². The summed E-state index contributed by atoms with van der Waals surface area (Å²) in [5.41, 5.74) is 1.12. The molecule has 7 heteroatoms. The minimum absolute atomic E-state index is 0.135. The van der Waals surface area contributed by atoms with Crippen LogP contribution in [-0.2, 0) is 4.79 Å². The third-order valence-electron chi connectivity index (χ3n) is 3.48. The lowest BCUT2D eigenvalue weighted by Crippen LogP contribution is -2.40. The summed E-state index contributed by atoms with van der Waals surface area (Å²) in [7, 11) is 0. The molecule has 7 nitrogen and oxygen atoms in total. The van der Waals surface area contributed by atoms with Crippen molar-refractivity contribution in [2.75, 3.05) is 0 Å². The van der Waals surface area contributed by atoms with Gasteiger partial charge in [-0.2, -0.15) is 0 Å². The van der Waals surface area contributed by atoms with Gasteiger partial charge >= 0.3 is 5.97 Å². The van der Waals surface area contributed by atoms with E-state index in [9.17, 15) is 19.7 Å².